The van der Waals surface area contributed by atoms with Crippen molar-refractivity contribution in [2.45, 2.75) is 13.8 Å². The van der Waals surface area contributed by atoms with Crippen LogP contribution in [0.5, 0.6) is 11.5 Å². The van der Waals surface area contributed by atoms with E-state index in [4.69, 9.17) is 33.3 Å². The molecule has 0 unspecified atom stereocenters. The topological polar surface area (TPSA) is 42.0 Å². The van der Waals surface area contributed by atoms with Crippen molar-refractivity contribution >= 4 is 40.9 Å². The predicted octanol–water partition coefficient (Wildman–Crippen LogP) is 3.17. The summed E-state index contributed by atoms with van der Waals surface area (Å²) < 4.78 is 10.8. The number of amides is 1. The molecule has 0 aliphatic carbocycles. The maximum Gasteiger partial charge on any atom is 0.276 e. The smallest absolute Gasteiger partial charge is 0.276 e. The van der Waals surface area contributed by atoms with Crippen LogP contribution < -0.4 is 9.47 Å². The number of hydrogen-bond acceptors (Lipinski definition) is 4. The lowest BCUT2D eigenvalue weighted by molar-refractivity contribution is -0.122. The first kappa shape index (κ1) is 17.6. The van der Waals surface area contributed by atoms with Gasteiger partial charge in [-0.1, -0.05) is 11.6 Å². The van der Waals surface area contributed by atoms with E-state index in [0.717, 1.165) is 0 Å². The second-order valence-corrected chi connectivity index (χ2v) is 5.65. The zero-order chi connectivity index (χ0) is 17.1. The van der Waals surface area contributed by atoms with E-state index in [9.17, 15) is 4.79 Å². The SMILES string of the molecule is CCOc1cc(Cl)c(/C=C2/C(=O)N(CC)C(=S)N2C)cc1OC. The van der Waals surface area contributed by atoms with E-state index in [-0.39, 0.29) is 5.91 Å². The Bertz CT molecular complexity index is 676. The van der Waals surface area contributed by atoms with Gasteiger partial charge in [0.15, 0.2) is 16.6 Å². The van der Waals surface area contributed by atoms with Crippen molar-refractivity contribution in [1.82, 2.24) is 9.80 Å². The van der Waals surface area contributed by atoms with Gasteiger partial charge in [-0.3, -0.25) is 9.69 Å². The first-order valence-corrected chi connectivity index (χ1v) is 8.04. The lowest BCUT2D eigenvalue weighted by atomic mass is 10.1. The fourth-order valence-electron chi connectivity index (χ4n) is 2.33. The summed E-state index contributed by atoms with van der Waals surface area (Å²) in [6.45, 7) is 4.80. The Morgan fingerprint density at radius 2 is 2.00 bits per heavy atom. The van der Waals surface area contributed by atoms with Crippen LogP contribution in [-0.2, 0) is 4.79 Å². The van der Waals surface area contributed by atoms with Gasteiger partial charge in [-0.25, -0.2) is 0 Å². The standard InChI is InChI=1S/C16H19ClN2O3S/c1-5-19-15(20)12(18(3)16(19)23)7-10-8-13(21-4)14(22-6-2)9-11(10)17/h7-9H,5-6H2,1-4H3/b12-7-. The lowest BCUT2D eigenvalue weighted by Gasteiger charge is -2.14. The number of ether oxygens (including phenoxy) is 2. The van der Waals surface area contributed by atoms with Gasteiger partial charge in [-0.15, -0.1) is 0 Å². The summed E-state index contributed by atoms with van der Waals surface area (Å²) in [5.74, 6) is 0.994. The number of methoxy groups -OCH3 is 1. The predicted molar refractivity (Wildman–Crippen MR) is 94.9 cm³/mol. The van der Waals surface area contributed by atoms with Gasteiger partial charge in [0.1, 0.15) is 5.70 Å². The highest BCUT2D eigenvalue weighted by Crippen LogP contribution is 2.35. The van der Waals surface area contributed by atoms with Gasteiger partial charge in [0, 0.05) is 19.7 Å². The molecule has 0 atom stereocenters. The fraction of sp³-hybridized carbons (Fsp3) is 0.375. The van der Waals surface area contributed by atoms with Crippen LogP contribution in [-0.4, -0.2) is 48.1 Å². The van der Waals surface area contributed by atoms with Crippen molar-refractivity contribution < 1.29 is 14.3 Å². The molecule has 1 aromatic carbocycles. The number of carbonyl (C=O) groups excluding carboxylic acids is 1. The van der Waals surface area contributed by atoms with E-state index in [2.05, 4.69) is 0 Å². The van der Waals surface area contributed by atoms with Crippen LogP contribution in [0.3, 0.4) is 0 Å². The van der Waals surface area contributed by atoms with Crippen molar-refractivity contribution in [3.8, 4) is 11.5 Å². The summed E-state index contributed by atoms with van der Waals surface area (Å²) >= 11 is 11.6. The number of nitrogens with zero attached hydrogens (tertiary/aromatic N) is 2. The van der Waals surface area contributed by atoms with Gasteiger partial charge in [-0.05, 0) is 43.8 Å². The van der Waals surface area contributed by atoms with Gasteiger partial charge in [0.2, 0.25) is 0 Å². The Morgan fingerprint density at radius 1 is 1.30 bits per heavy atom. The van der Waals surface area contributed by atoms with Crippen molar-refractivity contribution in [2.24, 2.45) is 0 Å². The van der Waals surface area contributed by atoms with Crippen LogP contribution in [0, 0.1) is 0 Å². The number of benzene rings is 1. The molecule has 5 nitrogen and oxygen atoms in total. The molecule has 0 N–H and O–H groups in total. The third-order valence-electron chi connectivity index (χ3n) is 3.53. The van der Waals surface area contributed by atoms with Gasteiger partial charge >= 0.3 is 0 Å². The minimum absolute atomic E-state index is 0.135. The Morgan fingerprint density at radius 3 is 2.52 bits per heavy atom. The molecule has 1 aromatic rings. The van der Waals surface area contributed by atoms with Gasteiger partial charge < -0.3 is 14.4 Å². The Balaban J connectivity index is 2.47. The van der Waals surface area contributed by atoms with E-state index in [0.29, 0.717) is 46.0 Å². The van der Waals surface area contributed by atoms with Crippen LogP contribution in [0.1, 0.15) is 19.4 Å². The summed E-state index contributed by atoms with van der Waals surface area (Å²) in [4.78, 5) is 15.6. The first-order chi connectivity index (χ1) is 10.9. The molecule has 1 aliphatic rings. The Hall–Kier alpha value is -1.79. The molecule has 1 aliphatic heterocycles. The molecular weight excluding hydrogens is 336 g/mol. The molecule has 0 aromatic heterocycles. The molecule has 0 saturated carbocycles. The molecule has 7 heteroatoms. The maximum atomic E-state index is 12.4. The highest BCUT2D eigenvalue weighted by atomic mass is 35.5. The Kier molecular flexibility index (Phi) is 5.49. The second kappa shape index (κ2) is 7.19. The third-order valence-corrected chi connectivity index (χ3v) is 4.36. The number of halogens is 1. The van der Waals surface area contributed by atoms with E-state index in [1.165, 1.54) is 0 Å². The quantitative estimate of drug-likeness (QED) is 0.600. The third kappa shape index (κ3) is 3.28. The fourth-order valence-corrected chi connectivity index (χ4v) is 2.85. The van der Waals surface area contributed by atoms with Gasteiger partial charge in [0.25, 0.3) is 5.91 Å². The molecular formula is C16H19ClN2O3S. The Labute approximate surface area is 146 Å². The maximum absolute atomic E-state index is 12.4. The highest BCUT2D eigenvalue weighted by molar-refractivity contribution is 7.80. The van der Waals surface area contributed by atoms with E-state index in [1.54, 1.807) is 42.2 Å². The van der Waals surface area contributed by atoms with Gasteiger partial charge in [-0.2, -0.15) is 0 Å². The molecule has 0 radical (unpaired) electrons. The summed E-state index contributed by atoms with van der Waals surface area (Å²) in [7, 11) is 3.32. The van der Waals surface area contributed by atoms with Crippen LogP contribution in [0.15, 0.2) is 17.8 Å². The summed E-state index contributed by atoms with van der Waals surface area (Å²) in [6.07, 6.45) is 1.71. The molecule has 0 spiro atoms. The lowest BCUT2D eigenvalue weighted by Crippen LogP contribution is -2.30. The molecule has 1 fully saturated rings. The zero-order valence-corrected chi connectivity index (χ0v) is 15.1. The summed E-state index contributed by atoms with van der Waals surface area (Å²) in [5.41, 5.74) is 1.15. The molecule has 0 bridgehead atoms. The molecule has 1 saturated heterocycles. The van der Waals surface area contributed by atoms with Crippen LogP contribution in [0.25, 0.3) is 6.08 Å². The average molecular weight is 355 g/mol. The number of carbonyl (C=O) groups is 1. The molecule has 23 heavy (non-hydrogen) atoms. The van der Waals surface area contributed by atoms with E-state index in [1.807, 2.05) is 13.8 Å². The number of thiocarbonyl (C=S) groups is 1. The average Bonchev–Trinajstić information content (AvgIpc) is 2.73. The van der Waals surface area contributed by atoms with Crippen molar-refractivity contribution in [2.75, 3.05) is 27.3 Å². The minimum Gasteiger partial charge on any atom is -0.493 e. The molecule has 1 amide bonds. The zero-order valence-electron chi connectivity index (χ0n) is 13.6. The first-order valence-electron chi connectivity index (χ1n) is 7.26. The molecule has 2 rings (SSSR count). The largest absolute Gasteiger partial charge is 0.493 e. The minimum atomic E-state index is -0.135. The summed E-state index contributed by atoms with van der Waals surface area (Å²) in [6, 6.07) is 3.44. The molecule has 124 valence electrons. The monoisotopic (exact) mass is 354 g/mol. The van der Waals surface area contributed by atoms with Crippen molar-refractivity contribution in [3.63, 3.8) is 0 Å². The number of hydrogen-bond donors (Lipinski definition) is 0. The van der Waals surface area contributed by atoms with Crippen LogP contribution in [0.2, 0.25) is 5.02 Å². The van der Waals surface area contributed by atoms with E-state index < -0.39 is 0 Å². The van der Waals surface area contributed by atoms with Crippen molar-refractivity contribution in [1.29, 1.82) is 0 Å². The van der Waals surface area contributed by atoms with E-state index >= 15 is 0 Å². The van der Waals surface area contributed by atoms with Crippen LogP contribution >= 0.6 is 23.8 Å². The van der Waals surface area contributed by atoms with Crippen molar-refractivity contribution in [3.05, 3.63) is 28.4 Å². The summed E-state index contributed by atoms with van der Waals surface area (Å²) in [5, 5.41) is 0.960. The molecule has 1 heterocycles. The number of likely N-dealkylation sites (N-methyl/N-ethyl adjacent to an activating group) is 2. The van der Waals surface area contributed by atoms with Gasteiger partial charge in [0.05, 0.1) is 18.7 Å². The highest BCUT2D eigenvalue weighted by Gasteiger charge is 2.34. The normalized spacial score (nSPS) is 16.5. The second-order valence-electron chi connectivity index (χ2n) is 4.88. The number of rotatable bonds is 5. The van der Waals surface area contributed by atoms with Crippen LogP contribution in [0.4, 0.5) is 0 Å².